The van der Waals surface area contributed by atoms with Crippen LogP contribution in [0.4, 0.5) is 0 Å². The number of benzene rings is 2. The van der Waals surface area contributed by atoms with E-state index in [0.29, 0.717) is 12.1 Å². The molecule has 0 spiro atoms. The van der Waals surface area contributed by atoms with E-state index in [2.05, 4.69) is 5.32 Å². The summed E-state index contributed by atoms with van der Waals surface area (Å²) in [5.74, 6) is -0.969. The summed E-state index contributed by atoms with van der Waals surface area (Å²) in [5.41, 5.74) is 7.59. The highest BCUT2D eigenvalue weighted by atomic mass is 16.2. The third-order valence-corrected chi connectivity index (χ3v) is 4.66. The van der Waals surface area contributed by atoms with Crippen molar-refractivity contribution in [2.45, 2.75) is 38.9 Å². The van der Waals surface area contributed by atoms with Crippen molar-refractivity contribution < 1.29 is 9.59 Å². The molecular formula is C21H24N4O3. The van der Waals surface area contributed by atoms with Crippen molar-refractivity contribution >= 4 is 22.8 Å². The normalized spacial score (nSPS) is 12.0. The summed E-state index contributed by atoms with van der Waals surface area (Å²) in [7, 11) is 0. The number of rotatable bonds is 8. The van der Waals surface area contributed by atoms with Crippen LogP contribution in [0.3, 0.4) is 0 Å². The molecule has 0 bridgehead atoms. The van der Waals surface area contributed by atoms with E-state index in [-0.39, 0.29) is 24.6 Å². The first-order valence-electron chi connectivity index (χ1n) is 9.34. The van der Waals surface area contributed by atoms with E-state index < -0.39 is 11.9 Å². The Hall–Kier alpha value is -3.35. The summed E-state index contributed by atoms with van der Waals surface area (Å²) in [6.07, 6.45) is 0.905. The summed E-state index contributed by atoms with van der Waals surface area (Å²) in [5, 5.41) is 2.67. The molecule has 28 heavy (non-hydrogen) atoms. The predicted octanol–water partition coefficient (Wildman–Crippen LogP) is 1.95. The van der Waals surface area contributed by atoms with Crippen molar-refractivity contribution in [3.63, 3.8) is 0 Å². The van der Waals surface area contributed by atoms with E-state index in [4.69, 9.17) is 5.73 Å². The van der Waals surface area contributed by atoms with Crippen LogP contribution in [0.1, 0.15) is 31.4 Å². The van der Waals surface area contributed by atoms with Gasteiger partial charge < -0.3 is 11.1 Å². The average molecular weight is 380 g/mol. The lowest BCUT2D eigenvalue weighted by Gasteiger charge is -2.16. The van der Waals surface area contributed by atoms with Gasteiger partial charge in [0.2, 0.25) is 11.8 Å². The van der Waals surface area contributed by atoms with E-state index in [1.807, 2.05) is 37.3 Å². The zero-order chi connectivity index (χ0) is 20.1. The Morgan fingerprint density at radius 1 is 0.964 bits per heavy atom. The Balaban J connectivity index is 1.77. The van der Waals surface area contributed by atoms with Crippen molar-refractivity contribution in [2.75, 3.05) is 0 Å². The molecular weight excluding hydrogens is 356 g/mol. The summed E-state index contributed by atoms with van der Waals surface area (Å²) in [6.45, 7) is 2.86. The lowest BCUT2D eigenvalue weighted by atomic mass is 10.1. The zero-order valence-electron chi connectivity index (χ0n) is 15.8. The number of carbonyl (C=O) groups is 2. The van der Waals surface area contributed by atoms with Crippen molar-refractivity contribution in [3.8, 4) is 0 Å². The van der Waals surface area contributed by atoms with Gasteiger partial charge in [-0.3, -0.25) is 18.7 Å². The lowest BCUT2D eigenvalue weighted by molar-refractivity contribution is -0.127. The molecule has 1 unspecified atom stereocenters. The molecule has 1 heterocycles. The highest BCUT2D eigenvalue weighted by Crippen LogP contribution is 2.15. The zero-order valence-corrected chi connectivity index (χ0v) is 15.8. The highest BCUT2D eigenvalue weighted by Gasteiger charge is 2.20. The van der Waals surface area contributed by atoms with Crippen LogP contribution in [0.15, 0.2) is 59.4 Å². The number of primary amides is 1. The van der Waals surface area contributed by atoms with Crippen LogP contribution in [0, 0.1) is 0 Å². The number of carbonyl (C=O) groups excluding carboxylic acids is 2. The molecule has 0 radical (unpaired) electrons. The molecule has 0 saturated heterocycles. The van der Waals surface area contributed by atoms with E-state index >= 15 is 0 Å². The number of aryl methyl sites for hydroxylation is 2. The van der Waals surface area contributed by atoms with Crippen LogP contribution in [-0.4, -0.2) is 20.9 Å². The fraction of sp³-hybridized carbons (Fsp3) is 0.286. The third-order valence-electron chi connectivity index (χ3n) is 4.66. The average Bonchev–Trinajstić information content (AvgIpc) is 2.97. The fourth-order valence-electron chi connectivity index (χ4n) is 3.34. The Labute approximate surface area is 162 Å². The number of nitrogens with two attached hydrogens (primary N) is 1. The largest absolute Gasteiger partial charge is 0.368 e. The molecule has 1 aromatic heterocycles. The molecule has 1 atom stereocenters. The van der Waals surface area contributed by atoms with Gasteiger partial charge in [-0.05, 0) is 24.1 Å². The molecule has 7 heteroatoms. The maximum Gasteiger partial charge on any atom is 0.329 e. The molecule has 3 aromatic rings. The molecule has 0 aliphatic heterocycles. The molecule has 0 saturated carbocycles. The van der Waals surface area contributed by atoms with Gasteiger partial charge in [-0.25, -0.2) is 4.79 Å². The lowest BCUT2D eigenvalue weighted by Crippen LogP contribution is -2.38. The SMILES string of the molecule is CCCn1c(=O)n(CCC(=O)NC(C(N)=O)c2ccccc2)c2ccccc21. The minimum Gasteiger partial charge on any atom is -0.368 e. The second kappa shape index (κ2) is 8.56. The number of fused-ring (bicyclic) bond motifs is 1. The van der Waals surface area contributed by atoms with Gasteiger partial charge in [0, 0.05) is 19.5 Å². The van der Waals surface area contributed by atoms with Gasteiger partial charge in [-0.15, -0.1) is 0 Å². The first-order chi connectivity index (χ1) is 13.5. The number of para-hydroxylation sites is 2. The predicted molar refractivity (Wildman–Crippen MR) is 108 cm³/mol. The monoisotopic (exact) mass is 380 g/mol. The molecule has 3 rings (SSSR count). The Kier molecular flexibility index (Phi) is 5.93. The van der Waals surface area contributed by atoms with Gasteiger partial charge in [0.25, 0.3) is 0 Å². The van der Waals surface area contributed by atoms with Gasteiger partial charge in [0.1, 0.15) is 6.04 Å². The summed E-state index contributed by atoms with van der Waals surface area (Å²) >= 11 is 0. The maximum atomic E-state index is 12.8. The number of aromatic nitrogens is 2. The summed E-state index contributed by atoms with van der Waals surface area (Å²) in [4.78, 5) is 37.0. The summed E-state index contributed by atoms with van der Waals surface area (Å²) < 4.78 is 3.33. The molecule has 0 aliphatic carbocycles. The third kappa shape index (κ3) is 3.98. The van der Waals surface area contributed by atoms with E-state index in [1.165, 1.54) is 0 Å². The van der Waals surface area contributed by atoms with Crippen LogP contribution in [0.5, 0.6) is 0 Å². The second-order valence-electron chi connectivity index (χ2n) is 6.64. The number of nitrogens with zero attached hydrogens (tertiary/aromatic N) is 2. The van der Waals surface area contributed by atoms with E-state index in [0.717, 1.165) is 17.5 Å². The number of hydrogen-bond donors (Lipinski definition) is 2. The smallest absolute Gasteiger partial charge is 0.329 e. The van der Waals surface area contributed by atoms with Crippen LogP contribution in [0.25, 0.3) is 11.0 Å². The minimum atomic E-state index is -0.896. The van der Waals surface area contributed by atoms with Gasteiger partial charge in [-0.2, -0.15) is 0 Å². The molecule has 0 fully saturated rings. The molecule has 3 N–H and O–H groups in total. The standard InChI is InChI=1S/C21H24N4O3/c1-2-13-24-16-10-6-7-11-17(16)25(21(24)28)14-12-18(26)23-19(20(22)27)15-8-4-3-5-9-15/h3-11,19H,2,12-14H2,1H3,(H2,22,27)(H,23,26). The minimum absolute atomic E-state index is 0.0661. The number of hydrogen-bond acceptors (Lipinski definition) is 3. The van der Waals surface area contributed by atoms with Crippen LogP contribution in [-0.2, 0) is 22.7 Å². The van der Waals surface area contributed by atoms with Gasteiger partial charge in [-0.1, -0.05) is 49.4 Å². The Morgan fingerprint density at radius 3 is 2.11 bits per heavy atom. The van der Waals surface area contributed by atoms with Crippen molar-refractivity contribution in [1.29, 1.82) is 0 Å². The van der Waals surface area contributed by atoms with Crippen molar-refractivity contribution in [2.24, 2.45) is 5.73 Å². The topological polar surface area (TPSA) is 99.1 Å². The molecule has 146 valence electrons. The van der Waals surface area contributed by atoms with Crippen LogP contribution < -0.4 is 16.7 Å². The highest BCUT2D eigenvalue weighted by molar-refractivity contribution is 5.87. The maximum absolute atomic E-state index is 12.8. The van der Waals surface area contributed by atoms with Gasteiger partial charge >= 0.3 is 5.69 Å². The quantitative estimate of drug-likeness (QED) is 0.625. The first-order valence-corrected chi connectivity index (χ1v) is 9.34. The number of nitrogens with one attached hydrogen (secondary N) is 1. The Morgan fingerprint density at radius 2 is 1.54 bits per heavy atom. The number of imidazole rings is 1. The van der Waals surface area contributed by atoms with Crippen LogP contribution >= 0.6 is 0 Å². The van der Waals surface area contributed by atoms with E-state index in [9.17, 15) is 14.4 Å². The number of amides is 2. The van der Waals surface area contributed by atoms with Crippen molar-refractivity contribution in [1.82, 2.24) is 14.5 Å². The fourth-order valence-corrected chi connectivity index (χ4v) is 3.34. The van der Waals surface area contributed by atoms with E-state index in [1.54, 1.807) is 33.4 Å². The molecule has 0 aliphatic rings. The van der Waals surface area contributed by atoms with Crippen molar-refractivity contribution in [3.05, 3.63) is 70.6 Å². The molecule has 2 aromatic carbocycles. The second-order valence-corrected chi connectivity index (χ2v) is 6.64. The molecule has 2 amide bonds. The first kappa shape index (κ1) is 19.4. The summed E-state index contributed by atoms with van der Waals surface area (Å²) in [6, 6.07) is 15.5. The molecule has 7 nitrogen and oxygen atoms in total. The Bertz CT molecular complexity index is 1040. The van der Waals surface area contributed by atoms with Gasteiger partial charge in [0.15, 0.2) is 0 Å². The van der Waals surface area contributed by atoms with Crippen LogP contribution in [0.2, 0.25) is 0 Å². The van der Waals surface area contributed by atoms with Gasteiger partial charge in [0.05, 0.1) is 11.0 Å².